The predicted molar refractivity (Wildman–Crippen MR) is 59.1 cm³/mol. The van der Waals surface area contributed by atoms with Crippen molar-refractivity contribution in [3.05, 3.63) is 0 Å². The highest BCUT2D eigenvalue weighted by atomic mass is 16.5. The molecule has 17 heavy (non-hydrogen) atoms. The van der Waals surface area contributed by atoms with Gasteiger partial charge in [-0.15, -0.1) is 0 Å². The lowest BCUT2D eigenvalue weighted by Gasteiger charge is -2.14. The molecule has 0 fully saturated rings. The number of amides is 2. The maximum atomic E-state index is 11.3. The Hall–Kier alpha value is -1.63. The summed E-state index contributed by atoms with van der Waals surface area (Å²) >= 11 is 0. The zero-order valence-corrected chi connectivity index (χ0v) is 9.93. The molecule has 1 atom stereocenters. The molecule has 0 saturated heterocycles. The van der Waals surface area contributed by atoms with Gasteiger partial charge in [0.2, 0.25) is 11.8 Å². The topological polar surface area (TPSA) is 119 Å². The van der Waals surface area contributed by atoms with Crippen LogP contribution in [0.4, 0.5) is 0 Å². The molecule has 0 rings (SSSR count). The standard InChI is InChI=1S/C10H18N2O5/c1-6(2)17-5-9(14)12-7(10(15)16)3-4-8(11)13/h6-7H,3-5H2,1-2H3,(H2,11,13)(H,12,14)(H,15,16)/t7-/m0/s1. The van der Waals surface area contributed by atoms with Crippen molar-refractivity contribution in [3.8, 4) is 0 Å². The van der Waals surface area contributed by atoms with Crippen molar-refractivity contribution in [2.24, 2.45) is 5.73 Å². The Kier molecular flexibility index (Phi) is 6.88. The first kappa shape index (κ1) is 15.4. The number of hydrogen-bond donors (Lipinski definition) is 3. The first-order chi connectivity index (χ1) is 7.82. The summed E-state index contributed by atoms with van der Waals surface area (Å²) in [6.07, 6.45) is -0.241. The summed E-state index contributed by atoms with van der Waals surface area (Å²) in [6.45, 7) is 3.31. The fraction of sp³-hybridized carbons (Fsp3) is 0.700. The maximum absolute atomic E-state index is 11.3. The number of rotatable bonds is 8. The van der Waals surface area contributed by atoms with Crippen LogP contribution in [0, 0.1) is 0 Å². The smallest absolute Gasteiger partial charge is 0.326 e. The second-order valence-corrected chi connectivity index (χ2v) is 3.82. The first-order valence-electron chi connectivity index (χ1n) is 5.25. The molecule has 7 nitrogen and oxygen atoms in total. The van der Waals surface area contributed by atoms with Gasteiger partial charge in [0, 0.05) is 6.42 Å². The van der Waals surface area contributed by atoms with Gasteiger partial charge < -0.3 is 20.9 Å². The van der Waals surface area contributed by atoms with Gasteiger partial charge in [-0.05, 0) is 20.3 Å². The lowest BCUT2D eigenvalue weighted by Crippen LogP contribution is -2.43. The van der Waals surface area contributed by atoms with E-state index in [1.165, 1.54) is 0 Å². The highest BCUT2D eigenvalue weighted by molar-refractivity contribution is 5.84. The maximum Gasteiger partial charge on any atom is 0.326 e. The molecule has 0 unspecified atom stereocenters. The number of carbonyl (C=O) groups excluding carboxylic acids is 2. The highest BCUT2D eigenvalue weighted by Gasteiger charge is 2.20. The Bertz CT molecular complexity index is 290. The summed E-state index contributed by atoms with van der Waals surface area (Å²) < 4.78 is 5.01. The number of carbonyl (C=O) groups is 3. The minimum Gasteiger partial charge on any atom is -0.480 e. The van der Waals surface area contributed by atoms with Gasteiger partial charge in [-0.2, -0.15) is 0 Å². The van der Waals surface area contributed by atoms with E-state index in [-0.39, 0.29) is 25.6 Å². The second-order valence-electron chi connectivity index (χ2n) is 3.82. The van der Waals surface area contributed by atoms with Gasteiger partial charge in [-0.1, -0.05) is 0 Å². The number of nitrogens with two attached hydrogens (primary N) is 1. The molecule has 0 saturated carbocycles. The van der Waals surface area contributed by atoms with Crippen molar-refractivity contribution >= 4 is 17.8 Å². The van der Waals surface area contributed by atoms with Crippen LogP contribution in [0.25, 0.3) is 0 Å². The highest BCUT2D eigenvalue weighted by Crippen LogP contribution is 1.98. The number of carboxylic acid groups (broad SMARTS) is 1. The quantitative estimate of drug-likeness (QED) is 0.520. The van der Waals surface area contributed by atoms with Crippen molar-refractivity contribution in [2.45, 2.75) is 38.8 Å². The zero-order valence-electron chi connectivity index (χ0n) is 9.93. The lowest BCUT2D eigenvalue weighted by molar-refractivity contribution is -0.143. The van der Waals surface area contributed by atoms with Crippen molar-refractivity contribution < 1.29 is 24.2 Å². The minimum absolute atomic E-state index is 0.0297. The van der Waals surface area contributed by atoms with Gasteiger partial charge in [-0.25, -0.2) is 4.79 Å². The Morgan fingerprint density at radius 2 is 1.94 bits per heavy atom. The summed E-state index contributed by atoms with van der Waals surface area (Å²) in [6, 6.07) is -1.12. The molecule has 0 aromatic rings. The van der Waals surface area contributed by atoms with Crippen LogP contribution in [-0.4, -0.2) is 41.6 Å². The fourth-order valence-corrected chi connectivity index (χ4v) is 1.02. The molecule has 0 aliphatic heterocycles. The molecule has 98 valence electrons. The predicted octanol–water partition coefficient (Wildman–Crippen LogP) is -0.754. The van der Waals surface area contributed by atoms with Crippen LogP contribution in [0.1, 0.15) is 26.7 Å². The van der Waals surface area contributed by atoms with Crippen LogP contribution in [0.2, 0.25) is 0 Å². The van der Waals surface area contributed by atoms with Crippen molar-refractivity contribution in [1.29, 1.82) is 0 Å². The lowest BCUT2D eigenvalue weighted by atomic mass is 10.1. The Balaban J connectivity index is 4.11. The molecular formula is C10H18N2O5. The van der Waals surface area contributed by atoms with Crippen LogP contribution in [0.5, 0.6) is 0 Å². The third-order valence-corrected chi connectivity index (χ3v) is 1.86. The number of ether oxygens (including phenoxy) is 1. The molecule has 0 aliphatic rings. The minimum atomic E-state index is -1.20. The van der Waals surface area contributed by atoms with Crippen LogP contribution >= 0.6 is 0 Å². The molecule has 0 spiro atoms. The van der Waals surface area contributed by atoms with Crippen LogP contribution in [0.3, 0.4) is 0 Å². The van der Waals surface area contributed by atoms with E-state index in [0.717, 1.165) is 0 Å². The molecule has 2 amide bonds. The normalized spacial score (nSPS) is 12.2. The second kappa shape index (κ2) is 7.61. The van der Waals surface area contributed by atoms with E-state index in [4.69, 9.17) is 15.6 Å². The molecule has 0 aliphatic carbocycles. The monoisotopic (exact) mass is 246 g/mol. The van der Waals surface area contributed by atoms with Crippen molar-refractivity contribution in [2.75, 3.05) is 6.61 Å². The van der Waals surface area contributed by atoms with Crippen LogP contribution < -0.4 is 11.1 Å². The van der Waals surface area contributed by atoms with Gasteiger partial charge in [-0.3, -0.25) is 9.59 Å². The largest absolute Gasteiger partial charge is 0.480 e. The third kappa shape index (κ3) is 8.21. The Morgan fingerprint density at radius 1 is 1.35 bits per heavy atom. The Labute approximate surface area is 99.3 Å². The number of primary amides is 1. The molecule has 7 heteroatoms. The SMILES string of the molecule is CC(C)OCC(=O)N[C@@H](CCC(N)=O)C(=O)O. The summed E-state index contributed by atoms with van der Waals surface area (Å²) in [4.78, 5) is 32.6. The van der Waals surface area contributed by atoms with Crippen molar-refractivity contribution in [1.82, 2.24) is 5.32 Å². The Morgan fingerprint density at radius 3 is 2.35 bits per heavy atom. The van der Waals surface area contributed by atoms with Gasteiger partial charge in [0.1, 0.15) is 12.6 Å². The van der Waals surface area contributed by atoms with E-state index in [1.54, 1.807) is 13.8 Å². The van der Waals surface area contributed by atoms with E-state index >= 15 is 0 Å². The van der Waals surface area contributed by atoms with Crippen LogP contribution in [-0.2, 0) is 19.1 Å². The summed E-state index contributed by atoms with van der Waals surface area (Å²) in [5.41, 5.74) is 4.90. The molecule has 4 N–H and O–H groups in total. The van der Waals surface area contributed by atoms with Crippen LogP contribution in [0.15, 0.2) is 0 Å². The number of nitrogens with one attached hydrogen (secondary N) is 1. The van der Waals surface area contributed by atoms with Gasteiger partial charge in [0.05, 0.1) is 6.10 Å². The molecular weight excluding hydrogens is 228 g/mol. The van der Waals surface area contributed by atoms with E-state index in [0.29, 0.717) is 0 Å². The van der Waals surface area contributed by atoms with E-state index < -0.39 is 23.8 Å². The third-order valence-electron chi connectivity index (χ3n) is 1.86. The van der Waals surface area contributed by atoms with Crippen molar-refractivity contribution in [3.63, 3.8) is 0 Å². The molecule has 0 aromatic carbocycles. The van der Waals surface area contributed by atoms with E-state index in [1.807, 2.05) is 0 Å². The fourth-order valence-electron chi connectivity index (χ4n) is 1.02. The van der Waals surface area contributed by atoms with E-state index in [2.05, 4.69) is 5.32 Å². The number of carboxylic acids is 1. The zero-order chi connectivity index (χ0) is 13.4. The number of aliphatic carboxylic acids is 1. The molecule has 0 aromatic heterocycles. The molecule has 0 heterocycles. The summed E-state index contributed by atoms with van der Waals surface area (Å²) in [7, 11) is 0. The average molecular weight is 246 g/mol. The van der Waals surface area contributed by atoms with Gasteiger partial charge in [0.15, 0.2) is 0 Å². The summed E-state index contributed by atoms with van der Waals surface area (Å²) in [5, 5.41) is 11.1. The average Bonchev–Trinajstić information content (AvgIpc) is 2.20. The summed E-state index contributed by atoms with van der Waals surface area (Å²) in [5.74, 6) is -2.34. The van der Waals surface area contributed by atoms with Gasteiger partial charge in [0.25, 0.3) is 0 Å². The number of hydrogen-bond acceptors (Lipinski definition) is 4. The molecule has 0 bridgehead atoms. The molecule has 0 radical (unpaired) electrons. The first-order valence-corrected chi connectivity index (χ1v) is 5.25. The van der Waals surface area contributed by atoms with Gasteiger partial charge >= 0.3 is 5.97 Å². The van der Waals surface area contributed by atoms with E-state index in [9.17, 15) is 14.4 Å².